The van der Waals surface area contributed by atoms with Gasteiger partial charge in [-0.05, 0) is 49.1 Å². The number of pyridine rings is 2. The second kappa shape index (κ2) is 15.6. The van der Waals surface area contributed by atoms with Gasteiger partial charge in [-0.2, -0.15) is 4.72 Å². The van der Waals surface area contributed by atoms with Crippen LogP contribution in [0.15, 0.2) is 70.6 Å². The number of hydrogen-bond donors (Lipinski definition) is 5. The monoisotopic (exact) mass is 608 g/mol. The first-order chi connectivity index (χ1) is 19.1. The summed E-state index contributed by atoms with van der Waals surface area (Å²) in [6, 6.07) is 12.8. The number of nitrogens with zero attached hydrogens (tertiary/aromatic N) is 2. The van der Waals surface area contributed by atoms with E-state index >= 15 is 0 Å². The quantitative estimate of drug-likeness (QED) is 0.0939. The molecule has 1 unspecified atom stereocenters. The molecule has 7 N–H and O–H groups in total. The van der Waals surface area contributed by atoms with E-state index in [-0.39, 0.29) is 23.9 Å². The van der Waals surface area contributed by atoms with E-state index in [2.05, 4.69) is 15.0 Å². The van der Waals surface area contributed by atoms with Gasteiger partial charge in [-0.15, -0.1) is 12.4 Å². The summed E-state index contributed by atoms with van der Waals surface area (Å²) in [4.78, 5) is 41.4. The highest BCUT2D eigenvalue weighted by atomic mass is 35.5. The highest BCUT2D eigenvalue weighted by Gasteiger charge is 2.25. The molecule has 222 valence electrons. The zero-order chi connectivity index (χ0) is 29.1. The van der Waals surface area contributed by atoms with Crippen molar-refractivity contribution < 1.29 is 27.9 Å². The Morgan fingerprint density at radius 2 is 1.73 bits per heavy atom. The number of amides is 1. The van der Waals surface area contributed by atoms with Crippen LogP contribution in [0.2, 0.25) is 0 Å². The molecule has 0 radical (unpaired) electrons. The first kappa shape index (κ1) is 33.1. The summed E-state index contributed by atoms with van der Waals surface area (Å²) >= 11 is 0. The van der Waals surface area contributed by atoms with Gasteiger partial charge in [0, 0.05) is 18.6 Å². The van der Waals surface area contributed by atoms with E-state index in [0.29, 0.717) is 30.0 Å². The van der Waals surface area contributed by atoms with Crippen LogP contribution >= 0.6 is 12.4 Å². The van der Waals surface area contributed by atoms with Gasteiger partial charge >= 0.3 is 5.97 Å². The van der Waals surface area contributed by atoms with E-state index in [0.717, 1.165) is 19.3 Å². The molecule has 0 saturated heterocycles. The summed E-state index contributed by atoms with van der Waals surface area (Å²) in [5.41, 5.74) is 10.7. The third-order valence-corrected chi connectivity index (χ3v) is 7.08. The number of fused-ring (bicyclic) bond motifs is 1. The number of carboxylic acid groups (broad SMARTS) is 1. The lowest BCUT2D eigenvalue weighted by molar-refractivity contribution is -0.138. The van der Waals surface area contributed by atoms with Crippen molar-refractivity contribution in [3.63, 3.8) is 0 Å². The van der Waals surface area contributed by atoms with E-state index in [1.807, 2.05) is 0 Å². The molecule has 0 spiro atoms. The van der Waals surface area contributed by atoms with Gasteiger partial charge in [0.1, 0.15) is 17.4 Å². The molecule has 15 heteroatoms. The molecule has 2 aromatic heterocycles. The molecule has 41 heavy (non-hydrogen) atoms. The van der Waals surface area contributed by atoms with Gasteiger partial charge in [0.2, 0.25) is 10.0 Å². The predicted molar refractivity (Wildman–Crippen MR) is 157 cm³/mol. The summed E-state index contributed by atoms with van der Waals surface area (Å²) in [5.74, 6) is -2.28. The predicted octanol–water partition coefficient (Wildman–Crippen LogP) is 0.846. The van der Waals surface area contributed by atoms with Crippen LogP contribution < -0.4 is 31.8 Å². The van der Waals surface area contributed by atoms with Crippen LogP contribution in [0.3, 0.4) is 0 Å². The van der Waals surface area contributed by atoms with Crippen molar-refractivity contribution in [1.82, 2.24) is 14.4 Å². The molecule has 0 aliphatic heterocycles. The highest BCUT2D eigenvalue weighted by molar-refractivity contribution is 7.88. The number of unbranched alkanes of at least 4 members (excludes halogenated alkanes) is 2. The minimum atomic E-state index is -4.03. The number of ether oxygens (including phenoxy) is 1. The maximum absolute atomic E-state index is 13.0. The zero-order valence-electron chi connectivity index (χ0n) is 22.1. The van der Waals surface area contributed by atoms with Crippen molar-refractivity contribution in [1.29, 1.82) is 0 Å². The Hall–Kier alpha value is -4.14. The van der Waals surface area contributed by atoms with E-state index in [4.69, 9.17) is 16.2 Å². The van der Waals surface area contributed by atoms with Crippen molar-refractivity contribution in [3.8, 4) is 5.75 Å². The Morgan fingerprint density at radius 3 is 2.41 bits per heavy atom. The standard InChI is InChI=1S/C26H32N6O7S.ClH/c27-26(28)29-13-5-2-6-14-39-20-11-9-19-10-12-21(24(34)32(19)16-20)23(33)30-15-22(25(35)36)31-40(37,38)17-18-7-3-1-4-8-18;/h1,3-4,7-12,16,22,31H,2,5-6,13-15,17H2,(H,30,33)(H,35,36)(H4,27,28,29);1H. The van der Waals surface area contributed by atoms with Crippen molar-refractivity contribution in [2.24, 2.45) is 16.5 Å². The van der Waals surface area contributed by atoms with E-state index < -0.39 is 45.8 Å². The van der Waals surface area contributed by atoms with Crippen LogP contribution in [-0.2, 0) is 20.6 Å². The zero-order valence-corrected chi connectivity index (χ0v) is 23.7. The molecule has 0 saturated carbocycles. The maximum Gasteiger partial charge on any atom is 0.323 e. The molecule has 3 rings (SSSR count). The first-order valence-corrected chi connectivity index (χ1v) is 14.1. The van der Waals surface area contributed by atoms with Crippen molar-refractivity contribution in [3.05, 3.63) is 82.3 Å². The third-order valence-electron chi connectivity index (χ3n) is 5.72. The van der Waals surface area contributed by atoms with Crippen LogP contribution in [0, 0.1) is 0 Å². The average molecular weight is 609 g/mol. The van der Waals surface area contributed by atoms with Crippen molar-refractivity contribution >= 4 is 45.8 Å². The largest absolute Gasteiger partial charge is 0.492 e. The van der Waals surface area contributed by atoms with E-state index in [1.165, 1.54) is 16.7 Å². The number of aliphatic carboxylic acids is 1. The van der Waals surface area contributed by atoms with Crippen LogP contribution in [0.25, 0.3) is 5.52 Å². The lowest BCUT2D eigenvalue weighted by Crippen LogP contribution is -2.49. The minimum absolute atomic E-state index is 0. The number of guanidine groups is 1. The van der Waals surface area contributed by atoms with E-state index in [1.54, 1.807) is 48.5 Å². The van der Waals surface area contributed by atoms with Gasteiger partial charge in [-0.1, -0.05) is 30.3 Å². The Balaban J connectivity index is 0.00000588. The number of nitrogens with two attached hydrogens (primary N) is 2. The number of nitrogens with one attached hydrogen (secondary N) is 2. The Labute approximate surface area is 243 Å². The van der Waals surface area contributed by atoms with Crippen LogP contribution in [-0.4, -0.2) is 61.5 Å². The van der Waals surface area contributed by atoms with Gasteiger partial charge in [0.15, 0.2) is 5.96 Å². The first-order valence-electron chi connectivity index (χ1n) is 12.4. The highest BCUT2D eigenvalue weighted by Crippen LogP contribution is 2.13. The fraction of sp³-hybridized carbons (Fsp3) is 0.308. The molecule has 0 aliphatic rings. The molecule has 13 nitrogen and oxygen atoms in total. The summed E-state index contributed by atoms with van der Waals surface area (Å²) in [6.07, 6.45) is 3.85. The van der Waals surface area contributed by atoms with Gasteiger partial charge in [0.25, 0.3) is 11.5 Å². The molecule has 1 atom stereocenters. The van der Waals surface area contributed by atoms with Crippen molar-refractivity contribution in [2.45, 2.75) is 31.1 Å². The number of aromatic nitrogens is 1. The Kier molecular flexibility index (Phi) is 12.6. The van der Waals surface area contributed by atoms with Gasteiger partial charge in [0.05, 0.1) is 18.6 Å². The van der Waals surface area contributed by atoms with Crippen LogP contribution in [0.5, 0.6) is 5.75 Å². The van der Waals surface area contributed by atoms with Crippen LogP contribution in [0.1, 0.15) is 35.2 Å². The molecule has 3 aromatic rings. The lowest BCUT2D eigenvalue weighted by Gasteiger charge is -2.16. The fourth-order valence-corrected chi connectivity index (χ4v) is 5.07. The molecule has 0 bridgehead atoms. The average Bonchev–Trinajstić information content (AvgIpc) is 2.90. The summed E-state index contributed by atoms with van der Waals surface area (Å²) in [6.45, 7) is 0.362. The van der Waals surface area contributed by atoms with Crippen LogP contribution in [0.4, 0.5) is 0 Å². The number of carbonyl (C=O) groups excluding carboxylic acids is 1. The van der Waals surface area contributed by atoms with Gasteiger partial charge in [-0.3, -0.25) is 23.8 Å². The van der Waals surface area contributed by atoms with E-state index in [9.17, 15) is 27.9 Å². The lowest BCUT2D eigenvalue weighted by atomic mass is 10.2. The molecule has 0 fully saturated rings. The Bertz CT molecular complexity index is 1530. The molecular formula is C26H33ClN6O7S. The van der Waals surface area contributed by atoms with Crippen molar-refractivity contribution in [2.75, 3.05) is 19.7 Å². The normalized spacial score (nSPS) is 11.7. The number of benzene rings is 1. The summed E-state index contributed by atoms with van der Waals surface area (Å²) < 4.78 is 34.0. The second-order valence-corrected chi connectivity index (χ2v) is 10.6. The molecule has 1 aromatic carbocycles. The number of carbonyl (C=O) groups is 2. The van der Waals surface area contributed by atoms with Gasteiger partial charge < -0.3 is 26.6 Å². The summed E-state index contributed by atoms with van der Waals surface area (Å²) in [7, 11) is -4.03. The van der Waals surface area contributed by atoms with Gasteiger partial charge in [-0.25, -0.2) is 8.42 Å². The molecule has 2 heterocycles. The topological polar surface area (TPSA) is 208 Å². The number of aliphatic imine (C=N–C) groups is 1. The second-order valence-electron chi connectivity index (χ2n) is 8.89. The SMILES string of the molecule is Cl.NC(N)=NCCCCCOc1ccc2ccc(C(=O)NCC(NS(=O)(=O)Cc3ccccc3)C(=O)O)c(=O)n2c1. The minimum Gasteiger partial charge on any atom is -0.492 e. The number of halogens is 1. The number of hydrogen-bond acceptors (Lipinski definition) is 7. The third kappa shape index (κ3) is 10.4. The maximum atomic E-state index is 13.0. The fourth-order valence-electron chi connectivity index (χ4n) is 3.74. The number of rotatable bonds is 15. The molecular weight excluding hydrogens is 576 g/mol. The molecule has 0 aliphatic carbocycles. The molecule has 1 amide bonds. The Morgan fingerprint density at radius 1 is 1.02 bits per heavy atom. The number of carboxylic acids is 1. The number of sulfonamides is 1. The summed E-state index contributed by atoms with van der Waals surface area (Å²) in [5, 5.41) is 11.8. The smallest absolute Gasteiger partial charge is 0.323 e.